The summed E-state index contributed by atoms with van der Waals surface area (Å²) in [5, 5.41) is 20.2. The van der Waals surface area contributed by atoms with Gasteiger partial charge in [-0.05, 0) is 25.3 Å². The predicted octanol–water partition coefficient (Wildman–Crippen LogP) is 0.476. The summed E-state index contributed by atoms with van der Waals surface area (Å²) in [6.45, 7) is 4.76. The van der Waals surface area contributed by atoms with Gasteiger partial charge >= 0.3 is 5.97 Å². The van der Waals surface area contributed by atoms with Crippen LogP contribution in [0.1, 0.15) is 26.2 Å². The number of carboxylic acids is 1. The van der Waals surface area contributed by atoms with Crippen LogP contribution in [-0.4, -0.2) is 49.1 Å². The molecule has 3 N–H and O–H groups in total. The van der Waals surface area contributed by atoms with Crippen molar-refractivity contribution in [1.29, 1.82) is 0 Å². The second-order valence-corrected chi connectivity index (χ2v) is 3.91. The average molecular weight is 233 g/mol. The monoisotopic (exact) mass is 233 g/mol. The van der Waals surface area contributed by atoms with Gasteiger partial charge in [0.25, 0.3) is 0 Å². The number of hydrogen-bond acceptors (Lipinski definition) is 4. The highest BCUT2D eigenvalue weighted by Gasteiger charge is 2.04. The van der Waals surface area contributed by atoms with Crippen LogP contribution in [0.15, 0.2) is 0 Å². The second-order valence-electron chi connectivity index (χ2n) is 3.91. The van der Waals surface area contributed by atoms with Gasteiger partial charge in [-0.1, -0.05) is 6.92 Å². The lowest BCUT2D eigenvalue weighted by Crippen LogP contribution is -2.23. The molecule has 0 radical (unpaired) electrons. The summed E-state index contributed by atoms with van der Waals surface area (Å²) in [5.74, 6) is -0.292. The molecule has 16 heavy (non-hydrogen) atoms. The second kappa shape index (κ2) is 10.9. The normalized spacial score (nSPS) is 12.6. The van der Waals surface area contributed by atoms with Crippen molar-refractivity contribution in [2.24, 2.45) is 5.92 Å². The molecule has 0 heterocycles. The molecule has 0 rings (SSSR count). The first-order chi connectivity index (χ1) is 7.66. The maximum absolute atomic E-state index is 10.3. The Labute approximate surface area is 96.8 Å². The quantitative estimate of drug-likeness (QED) is 0.452. The van der Waals surface area contributed by atoms with Gasteiger partial charge in [-0.25, -0.2) is 0 Å². The van der Waals surface area contributed by atoms with Gasteiger partial charge in [-0.2, -0.15) is 0 Å². The van der Waals surface area contributed by atoms with Gasteiger partial charge in [0.15, 0.2) is 0 Å². The minimum Gasteiger partial charge on any atom is -0.481 e. The molecule has 0 aromatic rings. The van der Waals surface area contributed by atoms with Gasteiger partial charge in [-0.15, -0.1) is 0 Å². The molecule has 1 atom stereocenters. The molecule has 0 fully saturated rings. The number of hydrogen-bond donors (Lipinski definition) is 3. The molecular weight excluding hydrogens is 210 g/mol. The van der Waals surface area contributed by atoms with Crippen LogP contribution in [0, 0.1) is 5.92 Å². The first-order valence-corrected chi connectivity index (χ1v) is 5.78. The van der Waals surface area contributed by atoms with E-state index in [1.807, 2.05) is 0 Å². The van der Waals surface area contributed by atoms with Crippen LogP contribution >= 0.6 is 0 Å². The van der Waals surface area contributed by atoms with E-state index in [1.165, 1.54) is 0 Å². The van der Waals surface area contributed by atoms with E-state index in [9.17, 15) is 4.79 Å². The fourth-order valence-electron chi connectivity index (χ4n) is 1.30. The van der Waals surface area contributed by atoms with E-state index < -0.39 is 5.97 Å². The Kier molecular flexibility index (Phi) is 10.4. The third kappa shape index (κ3) is 11.4. The summed E-state index contributed by atoms with van der Waals surface area (Å²) in [4.78, 5) is 10.3. The summed E-state index contributed by atoms with van der Waals surface area (Å²) in [5.41, 5.74) is 0. The average Bonchev–Trinajstić information content (AvgIpc) is 2.25. The largest absolute Gasteiger partial charge is 0.481 e. The Morgan fingerprint density at radius 2 is 2.06 bits per heavy atom. The van der Waals surface area contributed by atoms with Crippen molar-refractivity contribution < 1.29 is 19.7 Å². The number of aliphatic hydroxyl groups is 1. The Morgan fingerprint density at radius 3 is 2.69 bits per heavy atom. The first kappa shape index (κ1) is 15.3. The van der Waals surface area contributed by atoms with E-state index >= 15 is 0 Å². The fourth-order valence-corrected chi connectivity index (χ4v) is 1.30. The van der Waals surface area contributed by atoms with E-state index in [0.29, 0.717) is 19.1 Å². The lowest BCUT2D eigenvalue weighted by atomic mass is 10.0. The zero-order valence-electron chi connectivity index (χ0n) is 9.95. The number of nitrogens with one attached hydrogen (secondary N) is 1. The van der Waals surface area contributed by atoms with Gasteiger partial charge in [-0.3, -0.25) is 4.79 Å². The smallest absolute Gasteiger partial charge is 0.303 e. The molecule has 0 aliphatic carbocycles. The molecule has 0 amide bonds. The molecular formula is C11H23NO4. The number of ether oxygens (including phenoxy) is 1. The van der Waals surface area contributed by atoms with Gasteiger partial charge in [0.05, 0.1) is 19.8 Å². The highest BCUT2D eigenvalue weighted by molar-refractivity contribution is 5.66. The molecule has 5 heteroatoms. The zero-order valence-corrected chi connectivity index (χ0v) is 9.95. The molecule has 0 spiro atoms. The molecule has 0 aliphatic heterocycles. The van der Waals surface area contributed by atoms with Gasteiger partial charge < -0.3 is 20.3 Å². The van der Waals surface area contributed by atoms with Crippen LogP contribution in [0.2, 0.25) is 0 Å². The molecule has 0 saturated carbocycles. The first-order valence-electron chi connectivity index (χ1n) is 5.78. The molecule has 1 unspecified atom stereocenters. The maximum atomic E-state index is 10.3. The number of carbonyl (C=O) groups is 1. The minimum atomic E-state index is -0.725. The molecule has 5 nitrogen and oxygen atoms in total. The van der Waals surface area contributed by atoms with Gasteiger partial charge in [0.1, 0.15) is 0 Å². The molecule has 96 valence electrons. The summed E-state index contributed by atoms with van der Waals surface area (Å²) >= 11 is 0. The summed E-state index contributed by atoms with van der Waals surface area (Å²) in [6.07, 6.45) is 1.96. The lowest BCUT2D eigenvalue weighted by molar-refractivity contribution is -0.137. The molecule has 0 aliphatic rings. The van der Waals surface area contributed by atoms with E-state index in [-0.39, 0.29) is 13.0 Å². The SMILES string of the molecule is CC(CCNCCOCCO)CCC(=O)O. The van der Waals surface area contributed by atoms with Crippen LogP contribution < -0.4 is 5.32 Å². The molecule has 0 aromatic carbocycles. The highest BCUT2D eigenvalue weighted by Crippen LogP contribution is 2.08. The van der Waals surface area contributed by atoms with Gasteiger partial charge in [0, 0.05) is 13.0 Å². The fraction of sp³-hybridized carbons (Fsp3) is 0.909. The standard InChI is InChI=1S/C11H23NO4/c1-10(2-3-11(14)15)4-5-12-6-8-16-9-7-13/h10,12-13H,2-9H2,1H3,(H,14,15). The molecule has 0 bridgehead atoms. The van der Waals surface area contributed by atoms with Crippen molar-refractivity contribution in [3.05, 3.63) is 0 Å². The number of rotatable bonds is 11. The molecule has 0 aromatic heterocycles. The zero-order chi connectivity index (χ0) is 12.2. The van der Waals surface area contributed by atoms with Crippen LogP contribution in [0.4, 0.5) is 0 Å². The van der Waals surface area contributed by atoms with Crippen LogP contribution in [0.5, 0.6) is 0 Å². The van der Waals surface area contributed by atoms with E-state index in [0.717, 1.165) is 25.9 Å². The number of aliphatic carboxylic acids is 1. The maximum Gasteiger partial charge on any atom is 0.303 e. The van der Waals surface area contributed by atoms with Crippen molar-refractivity contribution in [2.75, 3.05) is 32.9 Å². The topological polar surface area (TPSA) is 78.8 Å². The van der Waals surface area contributed by atoms with Crippen molar-refractivity contribution >= 4 is 5.97 Å². The number of carboxylic acid groups (broad SMARTS) is 1. The Hall–Kier alpha value is -0.650. The van der Waals surface area contributed by atoms with Crippen molar-refractivity contribution in [1.82, 2.24) is 5.32 Å². The minimum absolute atomic E-state index is 0.0617. The summed E-state index contributed by atoms with van der Waals surface area (Å²) in [7, 11) is 0. The van der Waals surface area contributed by atoms with Crippen molar-refractivity contribution in [3.63, 3.8) is 0 Å². The summed E-state index contributed by atoms with van der Waals surface area (Å²) < 4.78 is 5.08. The Morgan fingerprint density at radius 1 is 1.31 bits per heavy atom. The summed E-state index contributed by atoms with van der Waals surface area (Å²) in [6, 6.07) is 0. The van der Waals surface area contributed by atoms with Crippen molar-refractivity contribution in [2.45, 2.75) is 26.2 Å². The highest BCUT2D eigenvalue weighted by atomic mass is 16.5. The predicted molar refractivity (Wildman–Crippen MR) is 61.4 cm³/mol. The van der Waals surface area contributed by atoms with Crippen LogP contribution in [0.25, 0.3) is 0 Å². The Balaban J connectivity index is 3.15. The molecule has 0 saturated heterocycles. The Bertz CT molecular complexity index is 175. The van der Waals surface area contributed by atoms with Crippen LogP contribution in [0.3, 0.4) is 0 Å². The van der Waals surface area contributed by atoms with Crippen LogP contribution in [-0.2, 0) is 9.53 Å². The van der Waals surface area contributed by atoms with Crippen molar-refractivity contribution in [3.8, 4) is 0 Å². The van der Waals surface area contributed by atoms with E-state index in [2.05, 4.69) is 12.2 Å². The third-order valence-corrected chi connectivity index (χ3v) is 2.32. The van der Waals surface area contributed by atoms with Gasteiger partial charge in [0.2, 0.25) is 0 Å². The van der Waals surface area contributed by atoms with E-state index in [1.54, 1.807) is 0 Å². The third-order valence-electron chi connectivity index (χ3n) is 2.32. The number of aliphatic hydroxyl groups excluding tert-OH is 1. The van der Waals surface area contributed by atoms with E-state index in [4.69, 9.17) is 14.9 Å². The lowest BCUT2D eigenvalue weighted by Gasteiger charge is -2.10.